The van der Waals surface area contributed by atoms with E-state index in [-0.39, 0.29) is 25.4 Å². The van der Waals surface area contributed by atoms with Crippen LogP contribution in [-0.2, 0) is 14.3 Å². The van der Waals surface area contributed by atoms with Gasteiger partial charge in [0.25, 0.3) is 0 Å². The van der Waals surface area contributed by atoms with E-state index in [1.807, 2.05) is 55.5 Å². The predicted molar refractivity (Wildman–Crippen MR) is 125 cm³/mol. The highest BCUT2D eigenvalue weighted by Gasteiger charge is 2.30. The Hall–Kier alpha value is -3.79. The first-order chi connectivity index (χ1) is 16.0. The van der Waals surface area contributed by atoms with E-state index in [0.29, 0.717) is 6.42 Å². The Kier molecular flexibility index (Phi) is 8.09. The van der Waals surface area contributed by atoms with Gasteiger partial charge in [0.05, 0.1) is 0 Å². The summed E-state index contributed by atoms with van der Waals surface area (Å²) >= 11 is 0. The van der Waals surface area contributed by atoms with Crippen molar-refractivity contribution in [2.45, 2.75) is 51.1 Å². The Morgan fingerprint density at radius 2 is 1.61 bits per heavy atom. The van der Waals surface area contributed by atoms with Gasteiger partial charge in [0.2, 0.25) is 5.91 Å². The quantitative estimate of drug-likeness (QED) is 0.508. The maximum absolute atomic E-state index is 12.6. The third-order valence-corrected chi connectivity index (χ3v) is 5.63. The highest BCUT2D eigenvalue weighted by atomic mass is 16.5. The van der Waals surface area contributed by atoms with Crippen LogP contribution in [0.2, 0.25) is 0 Å². The molecule has 0 bridgehead atoms. The number of carbonyl (C=O) groups is 3. The lowest BCUT2D eigenvalue weighted by Crippen LogP contribution is -2.51. The van der Waals surface area contributed by atoms with Crippen LogP contribution in [0.25, 0.3) is 11.1 Å². The number of carbonyl (C=O) groups excluding carboxylic acids is 2. The molecule has 0 heterocycles. The summed E-state index contributed by atoms with van der Waals surface area (Å²) in [6.45, 7) is 3.57. The maximum atomic E-state index is 12.6. The molecule has 0 aromatic heterocycles. The number of alkyl carbamates (subject to hydrolysis) is 1. The minimum Gasteiger partial charge on any atom is -0.480 e. The van der Waals surface area contributed by atoms with Gasteiger partial charge in [-0.05, 0) is 35.6 Å². The highest BCUT2D eigenvalue weighted by Crippen LogP contribution is 2.44. The largest absolute Gasteiger partial charge is 0.480 e. The van der Waals surface area contributed by atoms with Crippen LogP contribution in [-0.4, -0.2) is 41.8 Å². The topological polar surface area (TPSA) is 105 Å². The zero-order valence-corrected chi connectivity index (χ0v) is 18.8. The highest BCUT2D eigenvalue weighted by molar-refractivity contribution is 5.89. The summed E-state index contributed by atoms with van der Waals surface area (Å²) in [5.74, 6) is 3.62. The number of ether oxygens (including phenoxy) is 1. The van der Waals surface area contributed by atoms with Crippen molar-refractivity contribution in [3.8, 4) is 23.0 Å². The zero-order chi connectivity index (χ0) is 23.8. The van der Waals surface area contributed by atoms with Gasteiger partial charge in [-0.25, -0.2) is 9.59 Å². The summed E-state index contributed by atoms with van der Waals surface area (Å²) in [5.41, 5.74) is 4.41. The van der Waals surface area contributed by atoms with Crippen LogP contribution in [0, 0.1) is 11.8 Å². The number of rotatable bonds is 9. The van der Waals surface area contributed by atoms with E-state index < -0.39 is 30.1 Å². The summed E-state index contributed by atoms with van der Waals surface area (Å²) in [6.07, 6.45) is 0.178. The number of carboxylic acid groups (broad SMARTS) is 1. The molecule has 0 radical (unpaired) electrons. The average Bonchev–Trinajstić information content (AvgIpc) is 3.13. The fourth-order valence-corrected chi connectivity index (χ4v) is 4.01. The molecule has 0 saturated heterocycles. The number of hydrogen-bond acceptors (Lipinski definition) is 4. The number of aliphatic carboxylic acids is 1. The molecule has 3 N–H and O–H groups in total. The van der Waals surface area contributed by atoms with Crippen molar-refractivity contribution >= 4 is 18.0 Å². The van der Waals surface area contributed by atoms with E-state index >= 15 is 0 Å². The van der Waals surface area contributed by atoms with Gasteiger partial charge >= 0.3 is 12.1 Å². The zero-order valence-electron chi connectivity index (χ0n) is 18.8. The minimum absolute atomic E-state index is 0.0466. The molecule has 3 rings (SSSR count). The van der Waals surface area contributed by atoms with Crippen molar-refractivity contribution in [1.82, 2.24) is 10.6 Å². The molecule has 0 saturated carbocycles. The molecule has 0 spiro atoms. The van der Waals surface area contributed by atoms with Crippen molar-refractivity contribution in [3.63, 3.8) is 0 Å². The van der Waals surface area contributed by atoms with Crippen LogP contribution < -0.4 is 10.6 Å². The number of fused-ring (bicyclic) bond motifs is 3. The lowest BCUT2D eigenvalue weighted by Gasteiger charge is -2.20. The molecule has 2 aromatic carbocycles. The van der Waals surface area contributed by atoms with Crippen LogP contribution in [0.1, 0.15) is 50.2 Å². The van der Waals surface area contributed by atoms with E-state index in [2.05, 4.69) is 22.5 Å². The molecule has 172 valence electrons. The number of carboxylic acids is 1. The van der Waals surface area contributed by atoms with Gasteiger partial charge in [0.1, 0.15) is 18.7 Å². The van der Waals surface area contributed by atoms with Gasteiger partial charge in [0.15, 0.2) is 0 Å². The van der Waals surface area contributed by atoms with Gasteiger partial charge in [0, 0.05) is 12.3 Å². The molecule has 0 aliphatic heterocycles. The predicted octanol–water partition coefficient (Wildman–Crippen LogP) is 3.68. The number of nitrogens with one attached hydrogen (secondary N) is 2. The summed E-state index contributed by atoms with van der Waals surface area (Å²) in [7, 11) is 0. The van der Waals surface area contributed by atoms with Crippen LogP contribution in [0.15, 0.2) is 48.5 Å². The average molecular weight is 449 g/mol. The summed E-state index contributed by atoms with van der Waals surface area (Å²) in [4.78, 5) is 36.6. The molecule has 1 aliphatic carbocycles. The van der Waals surface area contributed by atoms with Gasteiger partial charge in [-0.15, -0.1) is 11.8 Å². The molecule has 0 fully saturated rings. The lowest BCUT2D eigenvalue weighted by atomic mass is 9.98. The van der Waals surface area contributed by atoms with Gasteiger partial charge in [-0.1, -0.05) is 61.9 Å². The Bertz CT molecular complexity index is 1040. The maximum Gasteiger partial charge on any atom is 0.407 e. The van der Waals surface area contributed by atoms with Crippen molar-refractivity contribution in [2.24, 2.45) is 0 Å². The molecule has 33 heavy (non-hydrogen) atoms. The van der Waals surface area contributed by atoms with Gasteiger partial charge < -0.3 is 20.5 Å². The van der Waals surface area contributed by atoms with E-state index in [0.717, 1.165) is 22.3 Å². The lowest BCUT2D eigenvalue weighted by molar-refractivity contribution is -0.142. The molecule has 1 unspecified atom stereocenters. The fraction of sp³-hybridized carbons (Fsp3) is 0.346. The molecule has 2 amide bonds. The summed E-state index contributed by atoms with van der Waals surface area (Å²) < 4.78 is 5.51. The minimum atomic E-state index is -1.12. The molecule has 2 atom stereocenters. The fourth-order valence-electron chi connectivity index (χ4n) is 4.01. The van der Waals surface area contributed by atoms with Gasteiger partial charge in [-0.2, -0.15) is 0 Å². The summed E-state index contributed by atoms with van der Waals surface area (Å²) in [6, 6.07) is 14.0. The standard InChI is InChI=1S/C26H28N2O5/c1-3-5-15-22(24(29)27-23(10-4-2)25(30)31)28-26(32)33-16-21-19-13-8-6-11-17(19)18-12-7-9-14-20(18)21/h6-9,11-14,21-23H,4,10,15-16H2,1-2H3,(H,27,29)(H,28,32)(H,30,31)/t22?,23-/m1/s1. The molecule has 1 aliphatic rings. The van der Waals surface area contributed by atoms with Crippen LogP contribution in [0.4, 0.5) is 4.79 Å². The van der Waals surface area contributed by atoms with Gasteiger partial charge in [-0.3, -0.25) is 4.79 Å². The number of benzene rings is 2. The SMILES string of the molecule is CC#CCC(NC(=O)OCC1c2ccccc2-c2ccccc21)C(=O)N[C@H](CCC)C(=O)O. The second-order valence-corrected chi connectivity index (χ2v) is 7.84. The van der Waals surface area contributed by atoms with Crippen LogP contribution in [0.3, 0.4) is 0 Å². The first kappa shape index (κ1) is 23.9. The van der Waals surface area contributed by atoms with E-state index in [1.54, 1.807) is 6.92 Å². The molecular formula is C26H28N2O5. The second kappa shape index (κ2) is 11.2. The Balaban J connectivity index is 1.66. The number of amides is 2. The van der Waals surface area contributed by atoms with Crippen molar-refractivity contribution in [2.75, 3.05) is 6.61 Å². The Morgan fingerprint density at radius 1 is 1.00 bits per heavy atom. The Morgan fingerprint density at radius 3 is 2.15 bits per heavy atom. The summed E-state index contributed by atoms with van der Waals surface area (Å²) in [5, 5.41) is 14.3. The van der Waals surface area contributed by atoms with Crippen molar-refractivity contribution in [1.29, 1.82) is 0 Å². The Labute approximate surface area is 193 Å². The molecule has 7 heteroatoms. The molecular weight excluding hydrogens is 420 g/mol. The van der Waals surface area contributed by atoms with E-state index in [4.69, 9.17) is 4.74 Å². The van der Waals surface area contributed by atoms with Crippen molar-refractivity contribution < 1.29 is 24.2 Å². The molecule has 2 aromatic rings. The normalized spacial score (nSPS) is 13.5. The van der Waals surface area contributed by atoms with Crippen LogP contribution in [0.5, 0.6) is 0 Å². The first-order valence-corrected chi connectivity index (χ1v) is 11.0. The third-order valence-electron chi connectivity index (χ3n) is 5.63. The van der Waals surface area contributed by atoms with Crippen molar-refractivity contribution in [3.05, 3.63) is 59.7 Å². The van der Waals surface area contributed by atoms with E-state index in [1.165, 1.54) is 0 Å². The first-order valence-electron chi connectivity index (χ1n) is 11.0. The van der Waals surface area contributed by atoms with Crippen LogP contribution >= 0.6 is 0 Å². The number of hydrogen-bond donors (Lipinski definition) is 3. The van der Waals surface area contributed by atoms with E-state index in [9.17, 15) is 19.5 Å². The molecule has 7 nitrogen and oxygen atoms in total. The monoisotopic (exact) mass is 448 g/mol. The third kappa shape index (κ3) is 5.72. The second-order valence-electron chi connectivity index (χ2n) is 7.84. The smallest absolute Gasteiger partial charge is 0.407 e.